The van der Waals surface area contributed by atoms with Crippen molar-refractivity contribution >= 4 is 11.8 Å². The van der Waals surface area contributed by atoms with E-state index in [4.69, 9.17) is 10.5 Å². The van der Waals surface area contributed by atoms with Gasteiger partial charge in [-0.2, -0.15) is 0 Å². The van der Waals surface area contributed by atoms with E-state index in [0.717, 1.165) is 32.5 Å². The highest BCUT2D eigenvalue weighted by atomic mass is 32.2. The minimum absolute atomic E-state index is 0.0854. The Bertz CT molecular complexity index is 376. The maximum absolute atomic E-state index is 6.44. The molecule has 2 unspecified atom stereocenters. The second-order valence-corrected chi connectivity index (χ2v) is 6.62. The lowest BCUT2D eigenvalue weighted by atomic mass is 9.87. The average molecular weight is 249 g/mol. The third kappa shape index (κ3) is 2.51. The van der Waals surface area contributed by atoms with Gasteiger partial charge in [0.2, 0.25) is 0 Å². The number of fused-ring (bicyclic) bond motifs is 1. The molecule has 2 nitrogen and oxygen atoms in total. The van der Waals surface area contributed by atoms with Gasteiger partial charge in [-0.05, 0) is 37.3 Å². The molecule has 2 aliphatic heterocycles. The van der Waals surface area contributed by atoms with Crippen LogP contribution in [-0.2, 0) is 11.2 Å². The lowest BCUT2D eigenvalue weighted by Crippen LogP contribution is -2.49. The quantitative estimate of drug-likeness (QED) is 0.875. The first-order valence-corrected chi connectivity index (χ1v) is 7.24. The number of rotatable bonds is 2. The molecule has 2 N–H and O–H groups in total. The van der Waals surface area contributed by atoms with Crippen molar-refractivity contribution in [3.05, 3.63) is 29.8 Å². The Kier molecular flexibility index (Phi) is 3.16. The smallest absolute Gasteiger partial charge is 0.0646 e. The van der Waals surface area contributed by atoms with Crippen LogP contribution in [0.25, 0.3) is 0 Å². The summed E-state index contributed by atoms with van der Waals surface area (Å²) in [4.78, 5) is 1.44. The molecule has 1 fully saturated rings. The van der Waals surface area contributed by atoms with Gasteiger partial charge in [-0.25, -0.2) is 0 Å². The van der Waals surface area contributed by atoms with Gasteiger partial charge in [0.1, 0.15) is 0 Å². The summed E-state index contributed by atoms with van der Waals surface area (Å²) in [7, 11) is 0. The number of ether oxygens (including phenoxy) is 1. The Balaban J connectivity index is 1.65. The number of hydrogen-bond donors (Lipinski definition) is 1. The van der Waals surface area contributed by atoms with Crippen LogP contribution in [0, 0.1) is 0 Å². The standard InChI is InChI=1S/C14H19NOS/c15-14(6-3-7-16-10-14)9-12-8-11-4-1-2-5-13(11)17-12/h1-2,4-5,12H,3,6-10,15H2. The normalized spacial score (nSPS) is 32.4. The summed E-state index contributed by atoms with van der Waals surface area (Å²) < 4.78 is 5.54. The van der Waals surface area contributed by atoms with Gasteiger partial charge >= 0.3 is 0 Å². The summed E-state index contributed by atoms with van der Waals surface area (Å²) in [5.74, 6) is 0. The van der Waals surface area contributed by atoms with Crippen molar-refractivity contribution in [3.8, 4) is 0 Å². The van der Waals surface area contributed by atoms with E-state index in [2.05, 4.69) is 24.3 Å². The Morgan fingerprint density at radius 2 is 2.29 bits per heavy atom. The lowest BCUT2D eigenvalue weighted by molar-refractivity contribution is 0.0344. The number of nitrogens with two attached hydrogens (primary N) is 1. The van der Waals surface area contributed by atoms with E-state index in [1.54, 1.807) is 0 Å². The zero-order valence-electron chi connectivity index (χ0n) is 10.0. The van der Waals surface area contributed by atoms with Crippen molar-refractivity contribution < 1.29 is 4.74 Å². The van der Waals surface area contributed by atoms with Gasteiger partial charge in [-0.3, -0.25) is 0 Å². The maximum atomic E-state index is 6.44. The van der Waals surface area contributed by atoms with Crippen LogP contribution in [0.1, 0.15) is 24.8 Å². The third-order valence-corrected chi connectivity index (χ3v) is 5.02. The van der Waals surface area contributed by atoms with Crippen LogP contribution in [0.4, 0.5) is 0 Å². The van der Waals surface area contributed by atoms with Gasteiger partial charge in [0.25, 0.3) is 0 Å². The summed E-state index contributed by atoms with van der Waals surface area (Å²) in [6.45, 7) is 1.62. The largest absolute Gasteiger partial charge is 0.380 e. The molecule has 0 spiro atoms. The lowest BCUT2D eigenvalue weighted by Gasteiger charge is -2.35. The van der Waals surface area contributed by atoms with Crippen LogP contribution < -0.4 is 5.73 Å². The van der Waals surface area contributed by atoms with Crippen LogP contribution in [0.15, 0.2) is 29.2 Å². The molecule has 1 aromatic carbocycles. The number of benzene rings is 1. The highest BCUT2D eigenvalue weighted by molar-refractivity contribution is 8.00. The first-order chi connectivity index (χ1) is 8.25. The molecular weight excluding hydrogens is 230 g/mol. The van der Waals surface area contributed by atoms with E-state index in [1.165, 1.54) is 16.9 Å². The van der Waals surface area contributed by atoms with Crippen molar-refractivity contribution in [2.45, 2.75) is 41.4 Å². The molecular formula is C14H19NOS. The Morgan fingerprint density at radius 3 is 3.06 bits per heavy atom. The van der Waals surface area contributed by atoms with Gasteiger partial charge in [-0.15, -0.1) is 11.8 Å². The van der Waals surface area contributed by atoms with Crippen LogP contribution in [0.5, 0.6) is 0 Å². The van der Waals surface area contributed by atoms with Gasteiger partial charge < -0.3 is 10.5 Å². The molecule has 92 valence electrons. The number of hydrogen-bond acceptors (Lipinski definition) is 3. The van der Waals surface area contributed by atoms with Crippen molar-refractivity contribution in [3.63, 3.8) is 0 Å². The first kappa shape index (κ1) is 11.6. The van der Waals surface area contributed by atoms with Crippen LogP contribution in [0.3, 0.4) is 0 Å². The van der Waals surface area contributed by atoms with E-state index in [1.807, 2.05) is 11.8 Å². The molecule has 2 atom stereocenters. The monoisotopic (exact) mass is 249 g/mol. The molecule has 1 aromatic rings. The minimum atomic E-state index is -0.0854. The fourth-order valence-electron chi connectivity index (χ4n) is 2.86. The van der Waals surface area contributed by atoms with E-state index in [-0.39, 0.29) is 5.54 Å². The van der Waals surface area contributed by atoms with Crippen molar-refractivity contribution in [1.82, 2.24) is 0 Å². The summed E-state index contributed by atoms with van der Waals surface area (Å²) in [6, 6.07) is 8.71. The molecule has 0 saturated carbocycles. The fraction of sp³-hybridized carbons (Fsp3) is 0.571. The topological polar surface area (TPSA) is 35.2 Å². The second kappa shape index (κ2) is 4.63. The van der Waals surface area contributed by atoms with Gasteiger partial charge in [0, 0.05) is 22.3 Å². The minimum Gasteiger partial charge on any atom is -0.380 e. The zero-order chi connectivity index (χ0) is 11.7. The molecule has 17 heavy (non-hydrogen) atoms. The Labute approximate surface area is 107 Å². The van der Waals surface area contributed by atoms with E-state index < -0.39 is 0 Å². The molecule has 2 heterocycles. The second-order valence-electron chi connectivity index (χ2n) is 5.27. The summed E-state index contributed by atoms with van der Waals surface area (Å²) in [5.41, 5.74) is 7.84. The predicted octanol–water partition coefficient (Wildman–Crippen LogP) is 2.60. The molecule has 0 amide bonds. The SMILES string of the molecule is NC1(CC2Cc3ccccc3S2)CCCOC1. The Morgan fingerprint density at radius 1 is 1.41 bits per heavy atom. The van der Waals surface area contributed by atoms with Crippen molar-refractivity contribution in [2.24, 2.45) is 5.73 Å². The third-order valence-electron chi connectivity index (χ3n) is 3.70. The highest BCUT2D eigenvalue weighted by Crippen LogP contribution is 2.40. The summed E-state index contributed by atoms with van der Waals surface area (Å²) in [5, 5.41) is 0.638. The van der Waals surface area contributed by atoms with Crippen LogP contribution >= 0.6 is 11.8 Å². The fourth-order valence-corrected chi connectivity index (χ4v) is 4.35. The molecule has 0 aliphatic carbocycles. The van der Waals surface area contributed by atoms with E-state index in [0.29, 0.717) is 5.25 Å². The Hall–Kier alpha value is -0.510. The van der Waals surface area contributed by atoms with E-state index >= 15 is 0 Å². The molecule has 0 radical (unpaired) electrons. The molecule has 2 aliphatic rings. The van der Waals surface area contributed by atoms with Gasteiger partial charge in [0.05, 0.1) is 6.61 Å². The molecule has 3 rings (SSSR count). The molecule has 0 bridgehead atoms. The number of thioether (sulfide) groups is 1. The summed E-state index contributed by atoms with van der Waals surface area (Å²) >= 11 is 1.99. The van der Waals surface area contributed by atoms with Crippen LogP contribution in [-0.4, -0.2) is 24.0 Å². The zero-order valence-corrected chi connectivity index (χ0v) is 10.8. The van der Waals surface area contributed by atoms with Crippen molar-refractivity contribution in [1.29, 1.82) is 0 Å². The maximum Gasteiger partial charge on any atom is 0.0646 e. The van der Waals surface area contributed by atoms with Crippen LogP contribution in [0.2, 0.25) is 0 Å². The average Bonchev–Trinajstić information content (AvgIpc) is 2.71. The van der Waals surface area contributed by atoms with Gasteiger partial charge in [-0.1, -0.05) is 18.2 Å². The first-order valence-electron chi connectivity index (χ1n) is 6.36. The summed E-state index contributed by atoms with van der Waals surface area (Å²) in [6.07, 6.45) is 4.47. The highest BCUT2D eigenvalue weighted by Gasteiger charge is 2.34. The predicted molar refractivity (Wildman–Crippen MR) is 71.4 cm³/mol. The van der Waals surface area contributed by atoms with Gasteiger partial charge in [0.15, 0.2) is 0 Å². The molecule has 3 heteroatoms. The van der Waals surface area contributed by atoms with Crippen molar-refractivity contribution in [2.75, 3.05) is 13.2 Å². The molecule has 0 aromatic heterocycles. The van der Waals surface area contributed by atoms with E-state index in [9.17, 15) is 0 Å². The molecule has 1 saturated heterocycles.